The van der Waals surface area contributed by atoms with Gasteiger partial charge in [-0.15, -0.1) is 0 Å². The summed E-state index contributed by atoms with van der Waals surface area (Å²) in [5.41, 5.74) is -0.503. The molecule has 2 N–H and O–H groups in total. The smallest absolute Gasteiger partial charge is 0.328 e. The van der Waals surface area contributed by atoms with Crippen LogP contribution in [-0.4, -0.2) is 14.7 Å². The maximum Gasteiger partial charge on any atom is 0.328 e. The molecule has 118 valence electrons. The molecule has 7 heteroatoms. The Hall–Kier alpha value is -2.44. The van der Waals surface area contributed by atoms with E-state index in [0.29, 0.717) is 10.9 Å². The van der Waals surface area contributed by atoms with Gasteiger partial charge < -0.3 is 10.1 Å². The molecule has 0 aliphatic carbocycles. The first-order valence-corrected chi connectivity index (χ1v) is 7.20. The normalized spacial score (nSPS) is 12.5. The van der Waals surface area contributed by atoms with E-state index < -0.39 is 23.2 Å². The summed E-state index contributed by atoms with van der Waals surface area (Å²) in [5.74, 6) is -0.678. The number of aliphatic hydroxyl groups is 1. The SMILES string of the molecule is O=c1[nH]c2ccccc2c(=O)n1CC(O)c1ccc(Cl)c(F)c1. The third-order valence-electron chi connectivity index (χ3n) is 3.57. The molecular formula is C16H12ClFN2O3. The first kappa shape index (κ1) is 15.5. The number of para-hydroxylation sites is 1. The summed E-state index contributed by atoms with van der Waals surface area (Å²) in [4.78, 5) is 27.0. The number of aromatic amines is 1. The van der Waals surface area contributed by atoms with Crippen LogP contribution in [0.2, 0.25) is 5.02 Å². The van der Waals surface area contributed by atoms with E-state index in [1.807, 2.05) is 0 Å². The van der Waals surface area contributed by atoms with Gasteiger partial charge in [0.2, 0.25) is 0 Å². The molecule has 0 fully saturated rings. The molecule has 3 aromatic rings. The van der Waals surface area contributed by atoms with Crippen LogP contribution in [0.25, 0.3) is 10.9 Å². The molecule has 0 aliphatic heterocycles. The van der Waals surface area contributed by atoms with E-state index in [0.717, 1.165) is 10.6 Å². The van der Waals surface area contributed by atoms with Gasteiger partial charge in [0.05, 0.1) is 28.6 Å². The number of fused-ring (bicyclic) bond motifs is 1. The molecular weight excluding hydrogens is 323 g/mol. The fourth-order valence-corrected chi connectivity index (χ4v) is 2.48. The molecule has 0 amide bonds. The molecule has 3 rings (SSSR count). The molecule has 1 unspecified atom stereocenters. The van der Waals surface area contributed by atoms with Crippen LogP contribution in [0, 0.1) is 5.82 Å². The highest BCUT2D eigenvalue weighted by atomic mass is 35.5. The summed E-state index contributed by atoms with van der Waals surface area (Å²) < 4.78 is 14.4. The predicted molar refractivity (Wildman–Crippen MR) is 85.2 cm³/mol. The molecule has 0 saturated carbocycles. The number of hydrogen-bond acceptors (Lipinski definition) is 3. The van der Waals surface area contributed by atoms with Crippen molar-refractivity contribution in [2.45, 2.75) is 12.6 Å². The van der Waals surface area contributed by atoms with Crippen LogP contribution in [0.1, 0.15) is 11.7 Å². The van der Waals surface area contributed by atoms with E-state index in [9.17, 15) is 19.1 Å². The highest BCUT2D eigenvalue weighted by molar-refractivity contribution is 6.30. The summed E-state index contributed by atoms with van der Waals surface area (Å²) in [6, 6.07) is 10.4. The second kappa shape index (κ2) is 5.98. The number of halogens is 2. The number of nitrogens with one attached hydrogen (secondary N) is 1. The topological polar surface area (TPSA) is 75.1 Å². The van der Waals surface area contributed by atoms with Gasteiger partial charge in [-0.2, -0.15) is 0 Å². The van der Waals surface area contributed by atoms with E-state index in [2.05, 4.69) is 4.98 Å². The van der Waals surface area contributed by atoms with Crippen molar-refractivity contribution in [2.75, 3.05) is 0 Å². The Balaban J connectivity index is 2.02. The maximum atomic E-state index is 13.5. The summed E-state index contributed by atoms with van der Waals surface area (Å²) in [6.07, 6.45) is -1.22. The molecule has 0 radical (unpaired) electrons. The van der Waals surface area contributed by atoms with E-state index >= 15 is 0 Å². The third-order valence-corrected chi connectivity index (χ3v) is 3.88. The van der Waals surface area contributed by atoms with Crippen molar-refractivity contribution >= 4 is 22.5 Å². The van der Waals surface area contributed by atoms with Crippen LogP contribution in [0.15, 0.2) is 52.1 Å². The van der Waals surface area contributed by atoms with E-state index in [1.54, 1.807) is 24.3 Å². The van der Waals surface area contributed by atoms with Crippen LogP contribution >= 0.6 is 11.6 Å². The molecule has 1 aromatic heterocycles. The van der Waals surface area contributed by atoms with Gasteiger partial charge in [-0.1, -0.05) is 29.8 Å². The fourth-order valence-electron chi connectivity index (χ4n) is 2.36. The third kappa shape index (κ3) is 2.91. The lowest BCUT2D eigenvalue weighted by Crippen LogP contribution is -2.36. The van der Waals surface area contributed by atoms with Gasteiger partial charge in [0.1, 0.15) is 5.82 Å². The van der Waals surface area contributed by atoms with Crippen molar-refractivity contribution in [2.24, 2.45) is 0 Å². The molecule has 0 bridgehead atoms. The predicted octanol–water partition coefficient (Wildman–Crippen LogP) is 2.22. The number of H-pyrrole nitrogens is 1. The first-order chi connectivity index (χ1) is 11.0. The lowest BCUT2D eigenvalue weighted by molar-refractivity contribution is 0.153. The average molecular weight is 335 g/mol. The molecule has 1 atom stereocenters. The number of nitrogens with zero attached hydrogens (tertiary/aromatic N) is 1. The van der Waals surface area contributed by atoms with Gasteiger partial charge in [-0.3, -0.25) is 9.36 Å². The Morgan fingerprint density at radius 3 is 2.70 bits per heavy atom. The monoisotopic (exact) mass is 334 g/mol. The van der Waals surface area contributed by atoms with Crippen LogP contribution in [-0.2, 0) is 6.54 Å². The zero-order valence-electron chi connectivity index (χ0n) is 11.8. The Labute approximate surface area is 134 Å². The van der Waals surface area contributed by atoms with Gasteiger partial charge in [0.25, 0.3) is 5.56 Å². The van der Waals surface area contributed by atoms with Crippen molar-refractivity contribution in [3.05, 3.63) is 79.7 Å². The minimum absolute atomic E-state index is 0.0679. The lowest BCUT2D eigenvalue weighted by atomic mass is 10.1. The van der Waals surface area contributed by atoms with Crippen LogP contribution < -0.4 is 11.2 Å². The second-order valence-electron chi connectivity index (χ2n) is 5.08. The van der Waals surface area contributed by atoms with Crippen molar-refractivity contribution in [1.82, 2.24) is 9.55 Å². The van der Waals surface area contributed by atoms with E-state index in [1.165, 1.54) is 12.1 Å². The minimum Gasteiger partial charge on any atom is -0.387 e. The summed E-state index contributed by atoms with van der Waals surface area (Å²) in [6.45, 7) is -0.292. The van der Waals surface area contributed by atoms with Crippen LogP contribution in [0.3, 0.4) is 0 Å². The maximum absolute atomic E-state index is 13.5. The highest BCUT2D eigenvalue weighted by Gasteiger charge is 2.15. The molecule has 0 spiro atoms. The number of aromatic nitrogens is 2. The molecule has 2 aromatic carbocycles. The summed E-state index contributed by atoms with van der Waals surface area (Å²) in [5, 5.41) is 10.5. The van der Waals surface area contributed by atoms with Gasteiger partial charge in [0.15, 0.2) is 0 Å². The number of benzene rings is 2. The van der Waals surface area contributed by atoms with Crippen LogP contribution in [0.4, 0.5) is 4.39 Å². The number of hydrogen-bond donors (Lipinski definition) is 2. The zero-order valence-corrected chi connectivity index (χ0v) is 12.5. The minimum atomic E-state index is -1.22. The summed E-state index contributed by atoms with van der Waals surface area (Å²) in [7, 11) is 0. The quantitative estimate of drug-likeness (QED) is 0.771. The molecule has 0 aliphatic rings. The average Bonchev–Trinajstić information content (AvgIpc) is 2.54. The first-order valence-electron chi connectivity index (χ1n) is 6.82. The zero-order chi connectivity index (χ0) is 16.6. The van der Waals surface area contributed by atoms with Crippen molar-refractivity contribution in [3.8, 4) is 0 Å². The van der Waals surface area contributed by atoms with Gasteiger partial charge in [-0.05, 0) is 29.8 Å². The fraction of sp³-hybridized carbons (Fsp3) is 0.125. The largest absolute Gasteiger partial charge is 0.387 e. The molecule has 5 nitrogen and oxygen atoms in total. The second-order valence-corrected chi connectivity index (χ2v) is 5.49. The molecule has 1 heterocycles. The number of rotatable bonds is 3. The van der Waals surface area contributed by atoms with Gasteiger partial charge >= 0.3 is 5.69 Å². The van der Waals surface area contributed by atoms with Crippen molar-refractivity contribution < 1.29 is 9.50 Å². The lowest BCUT2D eigenvalue weighted by Gasteiger charge is -2.13. The number of aliphatic hydroxyl groups excluding tert-OH is 1. The molecule has 23 heavy (non-hydrogen) atoms. The highest BCUT2D eigenvalue weighted by Crippen LogP contribution is 2.21. The van der Waals surface area contributed by atoms with Gasteiger partial charge in [0, 0.05) is 0 Å². The van der Waals surface area contributed by atoms with E-state index in [-0.39, 0.29) is 17.1 Å². The summed E-state index contributed by atoms with van der Waals surface area (Å²) >= 11 is 5.59. The van der Waals surface area contributed by atoms with Crippen molar-refractivity contribution in [1.29, 1.82) is 0 Å². The molecule has 0 saturated heterocycles. The van der Waals surface area contributed by atoms with Crippen molar-refractivity contribution in [3.63, 3.8) is 0 Å². The van der Waals surface area contributed by atoms with Crippen LogP contribution in [0.5, 0.6) is 0 Å². The standard InChI is InChI=1S/C16H12ClFN2O3/c17-11-6-5-9(7-12(11)18)14(21)8-20-15(22)10-3-1-2-4-13(10)19-16(20)23/h1-7,14,21H,8H2,(H,19,23). The van der Waals surface area contributed by atoms with E-state index in [4.69, 9.17) is 11.6 Å². The Bertz CT molecular complexity index is 997. The Morgan fingerprint density at radius 2 is 1.96 bits per heavy atom. The Morgan fingerprint density at radius 1 is 1.22 bits per heavy atom. The Kier molecular flexibility index (Phi) is 4.02. The van der Waals surface area contributed by atoms with Gasteiger partial charge in [-0.25, -0.2) is 9.18 Å².